The molecule has 2 aromatic rings. The van der Waals surface area contributed by atoms with Crippen molar-refractivity contribution in [3.8, 4) is 0 Å². The number of hydrogen-bond donors (Lipinski definition) is 3. The summed E-state index contributed by atoms with van der Waals surface area (Å²) < 4.78 is 17.9. The molecule has 10 heteroatoms. The predicted molar refractivity (Wildman–Crippen MR) is 139 cm³/mol. The third-order valence-corrected chi connectivity index (χ3v) is 7.95. The van der Waals surface area contributed by atoms with Gasteiger partial charge in [0.25, 0.3) is 11.8 Å². The standard InChI is InChI=1S/C26H34FN5O3S/c1-2-20(24(33)29-17-10-6-7-11-17)32(19-14-12-16(27)13-15-19)26(35)23-21(28)22(31-36-23)25(34)30-18-8-4-3-5-9-18/h12-15,17-18,20H,2-11,28H2,1H3,(H,29,33)(H,30,34). The molecule has 2 saturated carbocycles. The molecule has 0 aliphatic heterocycles. The fraction of sp³-hybridized carbons (Fsp3) is 0.538. The van der Waals surface area contributed by atoms with Crippen molar-refractivity contribution in [2.45, 2.75) is 89.3 Å². The van der Waals surface area contributed by atoms with Crippen molar-refractivity contribution in [2.24, 2.45) is 0 Å². The molecule has 3 amide bonds. The van der Waals surface area contributed by atoms with Gasteiger partial charge in [-0.1, -0.05) is 39.0 Å². The Labute approximate surface area is 215 Å². The molecule has 0 saturated heterocycles. The number of aromatic nitrogens is 1. The number of carbonyl (C=O) groups is 3. The molecule has 1 heterocycles. The van der Waals surface area contributed by atoms with Crippen LogP contribution in [0.1, 0.15) is 91.3 Å². The van der Waals surface area contributed by atoms with Crippen LogP contribution in [0.2, 0.25) is 0 Å². The van der Waals surface area contributed by atoms with E-state index in [9.17, 15) is 18.8 Å². The fourth-order valence-corrected chi connectivity index (χ4v) is 5.85. The van der Waals surface area contributed by atoms with Crippen molar-refractivity contribution < 1.29 is 18.8 Å². The number of amides is 3. The monoisotopic (exact) mass is 515 g/mol. The van der Waals surface area contributed by atoms with E-state index in [1.54, 1.807) is 0 Å². The highest BCUT2D eigenvalue weighted by molar-refractivity contribution is 7.09. The van der Waals surface area contributed by atoms with Crippen molar-refractivity contribution >= 4 is 40.6 Å². The van der Waals surface area contributed by atoms with Gasteiger partial charge in [0.2, 0.25) is 5.91 Å². The van der Waals surface area contributed by atoms with Crippen molar-refractivity contribution in [3.63, 3.8) is 0 Å². The van der Waals surface area contributed by atoms with Gasteiger partial charge in [-0.3, -0.25) is 19.3 Å². The normalized spacial score (nSPS) is 17.5. The molecule has 1 unspecified atom stereocenters. The van der Waals surface area contributed by atoms with Crippen LogP contribution in [-0.2, 0) is 4.79 Å². The fourth-order valence-electron chi connectivity index (χ4n) is 5.12. The van der Waals surface area contributed by atoms with Crippen LogP contribution in [0.3, 0.4) is 0 Å². The largest absolute Gasteiger partial charge is 0.395 e. The zero-order chi connectivity index (χ0) is 25.7. The van der Waals surface area contributed by atoms with Gasteiger partial charge in [-0.15, -0.1) is 0 Å². The summed E-state index contributed by atoms with van der Waals surface area (Å²) >= 11 is 0.840. The maximum absolute atomic E-state index is 13.8. The summed E-state index contributed by atoms with van der Waals surface area (Å²) in [4.78, 5) is 41.4. The minimum absolute atomic E-state index is 0.00326. The van der Waals surface area contributed by atoms with Crippen molar-refractivity contribution in [1.29, 1.82) is 0 Å². The summed E-state index contributed by atoms with van der Waals surface area (Å²) in [6, 6.07) is 4.75. The van der Waals surface area contributed by atoms with Crippen LogP contribution in [0, 0.1) is 5.82 Å². The van der Waals surface area contributed by atoms with Crippen molar-refractivity contribution in [2.75, 3.05) is 10.6 Å². The Morgan fingerprint density at radius 1 is 1.03 bits per heavy atom. The van der Waals surface area contributed by atoms with E-state index in [0.717, 1.165) is 69.3 Å². The Kier molecular flexibility index (Phi) is 8.56. The first-order valence-electron chi connectivity index (χ1n) is 12.8. The van der Waals surface area contributed by atoms with E-state index in [1.807, 2.05) is 6.92 Å². The van der Waals surface area contributed by atoms with E-state index in [4.69, 9.17) is 5.73 Å². The third-order valence-electron chi connectivity index (χ3n) is 7.10. The van der Waals surface area contributed by atoms with Gasteiger partial charge < -0.3 is 16.4 Å². The van der Waals surface area contributed by atoms with Crippen LogP contribution in [0.15, 0.2) is 24.3 Å². The first-order chi connectivity index (χ1) is 17.4. The van der Waals surface area contributed by atoms with Gasteiger partial charge in [-0.25, -0.2) is 4.39 Å². The van der Waals surface area contributed by atoms with Crippen LogP contribution in [0.25, 0.3) is 0 Å². The molecule has 0 spiro atoms. The second kappa shape index (κ2) is 11.8. The second-order valence-corrected chi connectivity index (χ2v) is 10.4. The van der Waals surface area contributed by atoms with E-state index in [-0.39, 0.29) is 34.2 Å². The number of rotatable bonds is 8. The lowest BCUT2D eigenvalue weighted by molar-refractivity contribution is -0.123. The molecule has 36 heavy (non-hydrogen) atoms. The summed E-state index contributed by atoms with van der Waals surface area (Å²) in [6.07, 6.45) is 9.40. The quantitative estimate of drug-likeness (QED) is 0.481. The Bertz CT molecular complexity index is 1080. The highest BCUT2D eigenvalue weighted by Crippen LogP contribution is 2.29. The Hall–Kier alpha value is -3.01. The Morgan fingerprint density at radius 2 is 1.61 bits per heavy atom. The number of nitrogen functional groups attached to an aromatic ring is 1. The maximum atomic E-state index is 13.8. The van der Waals surface area contributed by atoms with Crippen molar-refractivity contribution in [3.05, 3.63) is 40.7 Å². The van der Waals surface area contributed by atoms with E-state index in [1.165, 1.54) is 29.2 Å². The molecule has 1 atom stereocenters. The first-order valence-corrected chi connectivity index (χ1v) is 13.6. The molecule has 2 aliphatic carbocycles. The number of nitrogens with one attached hydrogen (secondary N) is 2. The maximum Gasteiger partial charge on any atom is 0.273 e. The Balaban J connectivity index is 1.60. The molecule has 0 bridgehead atoms. The zero-order valence-electron chi connectivity index (χ0n) is 20.6. The number of nitrogens with zero attached hydrogens (tertiary/aromatic N) is 2. The zero-order valence-corrected chi connectivity index (χ0v) is 21.4. The molecule has 1 aromatic carbocycles. The Morgan fingerprint density at radius 3 is 2.22 bits per heavy atom. The summed E-state index contributed by atoms with van der Waals surface area (Å²) in [5.74, 6) is -1.65. The third kappa shape index (κ3) is 5.86. The van der Waals surface area contributed by atoms with Crippen LogP contribution >= 0.6 is 11.5 Å². The van der Waals surface area contributed by atoms with Crippen LogP contribution in [0.4, 0.5) is 15.8 Å². The average Bonchev–Trinajstić information content (AvgIpc) is 3.53. The highest BCUT2D eigenvalue weighted by Gasteiger charge is 2.35. The number of halogens is 1. The van der Waals surface area contributed by atoms with Gasteiger partial charge in [0.1, 0.15) is 16.7 Å². The topological polar surface area (TPSA) is 117 Å². The van der Waals surface area contributed by atoms with E-state index >= 15 is 0 Å². The number of nitrogens with two attached hydrogens (primary N) is 1. The number of hydrogen-bond acceptors (Lipinski definition) is 6. The lowest BCUT2D eigenvalue weighted by atomic mass is 9.95. The molecule has 0 radical (unpaired) electrons. The summed E-state index contributed by atoms with van der Waals surface area (Å²) in [5, 5.41) is 6.05. The predicted octanol–water partition coefficient (Wildman–Crippen LogP) is 4.41. The van der Waals surface area contributed by atoms with Gasteiger partial charge in [0.15, 0.2) is 5.69 Å². The molecule has 194 valence electrons. The van der Waals surface area contributed by atoms with E-state index in [0.29, 0.717) is 12.1 Å². The summed E-state index contributed by atoms with van der Waals surface area (Å²) in [5.41, 5.74) is 6.67. The lowest BCUT2D eigenvalue weighted by Crippen LogP contribution is -2.51. The van der Waals surface area contributed by atoms with Gasteiger partial charge in [0.05, 0.1) is 5.69 Å². The van der Waals surface area contributed by atoms with Gasteiger partial charge in [0, 0.05) is 17.8 Å². The molecule has 2 aliphatic rings. The summed E-state index contributed by atoms with van der Waals surface area (Å²) in [7, 11) is 0. The SMILES string of the molecule is CCC(C(=O)NC1CCCC1)N(C(=O)c1snc(C(=O)NC2CCCCC2)c1N)c1ccc(F)cc1. The van der Waals surface area contributed by atoms with E-state index < -0.39 is 23.7 Å². The van der Waals surface area contributed by atoms with Crippen LogP contribution in [0.5, 0.6) is 0 Å². The molecular weight excluding hydrogens is 481 g/mol. The molecule has 2 fully saturated rings. The molecule has 4 N–H and O–H groups in total. The van der Waals surface area contributed by atoms with Crippen LogP contribution < -0.4 is 21.3 Å². The molecule has 4 rings (SSSR count). The molecular formula is C26H34FN5O3S. The smallest absolute Gasteiger partial charge is 0.273 e. The van der Waals surface area contributed by atoms with E-state index in [2.05, 4.69) is 15.0 Å². The van der Waals surface area contributed by atoms with Gasteiger partial charge in [-0.2, -0.15) is 4.37 Å². The average molecular weight is 516 g/mol. The number of anilines is 2. The summed E-state index contributed by atoms with van der Waals surface area (Å²) in [6.45, 7) is 1.82. The van der Waals surface area contributed by atoms with Crippen molar-refractivity contribution in [1.82, 2.24) is 15.0 Å². The highest BCUT2D eigenvalue weighted by atomic mass is 32.1. The van der Waals surface area contributed by atoms with Gasteiger partial charge >= 0.3 is 0 Å². The molecule has 8 nitrogen and oxygen atoms in total. The number of benzene rings is 1. The number of carbonyl (C=O) groups excluding carboxylic acids is 3. The second-order valence-electron chi connectivity index (χ2n) is 9.65. The molecule has 1 aromatic heterocycles. The minimum atomic E-state index is -0.829. The minimum Gasteiger partial charge on any atom is -0.395 e. The lowest BCUT2D eigenvalue weighted by Gasteiger charge is -2.31. The first kappa shape index (κ1) is 26.1. The van der Waals surface area contributed by atoms with Crippen LogP contribution in [-0.4, -0.2) is 40.2 Å². The van der Waals surface area contributed by atoms with Gasteiger partial charge in [-0.05, 0) is 67.9 Å².